The van der Waals surface area contributed by atoms with E-state index < -0.39 is 4.92 Å². The van der Waals surface area contributed by atoms with Crippen LogP contribution in [0.3, 0.4) is 0 Å². The summed E-state index contributed by atoms with van der Waals surface area (Å²) >= 11 is 1.20. The predicted octanol–water partition coefficient (Wildman–Crippen LogP) is 1.40. The van der Waals surface area contributed by atoms with Crippen molar-refractivity contribution in [2.75, 3.05) is 0 Å². The van der Waals surface area contributed by atoms with Crippen molar-refractivity contribution in [3.05, 3.63) is 22.3 Å². The Balaban J connectivity index is 2.48. The van der Waals surface area contributed by atoms with E-state index in [2.05, 4.69) is 15.2 Å². The summed E-state index contributed by atoms with van der Waals surface area (Å²) < 4.78 is 3.49. The van der Waals surface area contributed by atoms with Gasteiger partial charge in [-0.3, -0.25) is 4.57 Å². The number of nitro groups is 1. The molecular weight excluding hydrogens is 256 g/mol. The van der Waals surface area contributed by atoms with Gasteiger partial charge in [-0.05, 0) is 28.6 Å². The molecule has 0 atom stereocenters. The van der Waals surface area contributed by atoms with E-state index in [1.54, 1.807) is 29.4 Å². The van der Waals surface area contributed by atoms with Crippen LogP contribution in [-0.2, 0) is 13.6 Å². The number of imidazole rings is 1. The van der Waals surface area contributed by atoms with Gasteiger partial charge < -0.3 is 14.7 Å². The molecule has 0 aliphatic rings. The molecule has 9 heteroatoms. The van der Waals surface area contributed by atoms with E-state index in [9.17, 15) is 10.1 Å². The van der Waals surface area contributed by atoms with Crippen LogP contribution in [0.2, 0.25) is 0 Å². The zero-order chi connectivity index (χ0) is 13.3. The average molecular weight is 268 g/mol. The summed E-state index contributed by atoms with van der Waals surface area (Å²) in [5.41, 5.74) is 0. The summed E-state index contributed by atoms with van der Waals surface area (Å²) in [6.07, 6.45) is 1.55. The largest absolute Gasteiger partial charge is 0.396 e. The number of hydrogen-bond acceptors (Lipinski definition) is 6. The van der Waals surface area contributed by atoms with Crippen LogP contribution in [0.4, 0.5) is 5.82 Å². The highest BCUT2D eigenvalue weighted by atomic mass is 32.2. The van der Waals surface area contributed by atoms with Gasteiger partial charge in [0.15, 0.2) is 10.2 Å². The first-order valence-electron chi connectivity index (χ1n) is 5.28. The maximum absolute atomic E-state index is 11.0. The molecule has 2 rings (SSSR count). The summed E-state index contributed by atoms with van der Waals surface area (Å²) in [7, 11) is 1.79. The van der Waals surface area contributed by atoms with Crippen LogP contribution in [0, 0.1) is 17.0 Å². The molecule has 2 aromatic rings. The van der Waals surface area contributed by atoms with Crippen LogP contribution < -0.4 is 0 Å². The number of aromatic nitrogens is 5. The van der Waals surface area contributed by atoms with E-state index in [0.29, 0.717) is 22.6 Å². The Kier molecular flexibility index (Phi) is 3.32. The lowest BCUT2D eigenvalue weighted by Crippen LogP contribution is -2.00. The first-order valence-corrected chi connectivity index (χ1v) is 6.09. The van der Waals surface area contributed by atoms with Crippen molar-refractivity contribution < 1.29 is 4.92 Å². The van der Waals surface area contributed by atoms with Gasteiger partial charge in [0.25, 0.3) is 0 Å². The quantitative estimate of drug-likeness (QED) is 0.614. The summed E-state index contributed by atoms with van der Waals surface area (Å²) in [6.45, 7) is 4.28. The maximum Gasteiger partial charge on any atom is 0.396 e. The zero-order valence-electron chi connectivity index (χ0n) is 10.2. The second kappa shape index (κ2) is 4.77. The van der Waals surface area contributed by atoms with Crippen molar-refractivity contribution in [3.63, 3.8) is 0 Å². The van der Waals surface area contributed by atoms with E-state index in [1.807, 2.05) is 6.92 Å². The highest BCUT2D eigenvalue weighted by Gasteiger charge is 2.26. The van der Waals surface area contributed by atoms with Crippen LogP contribution >= 0.6 is 11.8 Å². The number of aryl methyl sites for hydroxylation is 2. The molecule has 0 aromatic carbocycles. The third-order valence-electron chi connectivity index (χ3n) is 2.44. The van der Waals surface area contributed by atoms with Gasteiger partial charge in [-0.1, -0.05) is 0 Å². The molecular formula is C9H12N6O2S. The monoisotopic (exact) mass is 268 g/mol. The molecule has 0 aliphatic heterocycles. The van der Waals surface area contributed by atoms with Crippen LogP contribution in [-0.4, -0.2) is 29.2 Å². The fourth-order valence-electron chi connectivity index (χ4n) is 1.57. The SMILES string of the molecule is CCn1c(C)nc([N+](=O)[O-])c1Sc1nncn1C. The Labute approximate surface area is 107 Å². The Bertz CT molecular complexity index is 590. The molecule has 0 fully saturated rings. The van der Waals surface area contributed by atoms with Gasteiger partial charge in [0.1, 0.15) is 6.33 Å². The average Bonchev–Trinajstić information content (AvgIpc) is 2.84. The Morgan fingerprint density at radius 2 is 2.28 bits per heavy atom. The van der Waals surface area contributed by atoms with E-state index in [-0.39, 0.29) is 5.82 Å². The van der Waals surface area contributed by atoms with E-state index in [0.717, 1.165) is 0 Å². The Morgan fingerprint density at radius 3 is 2.78 bits per heavy atom. The van der Waals surface area contributed by atoms with Crippen molar-refractivity contribution >= 4 is 17.6 Å². The maximum atomic E-state index is 11.0. The van der Waals surface area contributed by atoms with Crippen LogP contribution in [0.5, 0.6) is 0 Å². The summed E-state index contributed by atoms with van der Waals surface area (Å²) in [4.78, 5) is 14.5. The van der Waals surface area contributed by atoms with E-state index in [4.69, 9.17) is 0 Å². The molecule has 0 spiro atoms. The van der Waals surface area contributed by atoms with Crippen molar-refractivity contribution in [1.29, 1.82) is 0 Å². The molecule has 18 heavy (non-hydrogen) atoms. The van der Waals surface area contributed by atoms with Gasteiger partial charge in [0.05, 0.1) is 0 Å². The summed E-state index contributed by atoms with van der Waals surface area (Å²) in [5, 5.41) is 19.7. The highest BCUT2D eigenvalue weighted by molar-refractivity contribution is 7.99. The smallest absolute Gasteiger partial charge is 0.358 e. The lowest BCUT2D eigenvalue weighted by molar-refractivity contribution is -0.392. The van der Waals surface area contributed by atoms with Crippen LogP contribution in [0.1, 0.15) is 12.7 Å². The van der Waals surface area contributed by atoms with E-state index >= 15 is 0 Å². The number of rotatable bonds is 4. The Hall–Kier alpha value is -1.90. The van der Waals surface area contributed by atoms with Crippen LogP contribution in [0.15, 0.2) is 16.5 Å². The van der Waals surface area contributed by atoms with Crippen LogP contribution in [0.25, 0.3) is 0 Å². The molecule has 0 N–H and O–H groups in total. The summed E-state index contributed by atoms with van der Waals surface area (Å²) in [6, 6.07) is 0. The topological polar surface area (TPSA) is 91.7 Å². The van der Waals surface area contributed by atoms with Crippen molar-refractivity contribution in [1.82, 2.24) is 24.3 Å². The molecule has 2 aromatic heterocycles. The molecule has 0 saturated carbocycles. The fraction of sp³-hybridized carbons (Fsp3) is 0.444. The Morgan fingerprint density at radius 1 is 1.56 bits per heavy atom. The predicted molar refractivity (Wildman–Crippen MR) is 64.4 cm³/mol. The van der Waals surface area contributed by atoms with Crippen molar-refractivity contribution in [2.45, 2.75) is 30.6 Å². The standard InChI is InChI=1S/C9H12N6O2S/c1-4-14-6(2)11-7(15(16)17)8(14)18-9-12-10-5-13(9)3/h5H,4H2,1-3H3. The lowest BCUT2D eigenvalue weighted by Gasteiger charge is -2.04. The lowest BCUT2D eigenvalue weighted by atomic mass is 10.6. The van der Waals surface area contributed by atoms with Crippen molar-refractivity contribution in [2.24, 2.45) is 7.05 Å². The molecule has 96 valence electrons. The van der Waals surface area contributed by atoms with Gasteiger partial charge in [-0.2, -0.15) is 0 Å². The molecule has 0 radical (unpaired) electrons. The molecule has 0 amide bonds. The minimum Gasteiger partial charge on any atom is -0.358 e. The minimum atomic E-state index is -0.474. The van der Waals surface area contributed by atoms with Gasteiger partial charge >= 0.3 is 5.82 Å². The van der Waals surface area contributed by atoms with Gasteiger partial charge in [-0.25, -0.2) is 0 Å². The summed E-state index contributed by atoms with van der Waals surface area (Å²) in [5.74, 6) is 0.483. The first-order chi connectivity index (χ1) is 8.54. The normalized spacial score (nSPS) is 10.8. The third kappa shape index (κ3) is 2.08. The third-order valence-corrected chi connectivity index (χ3v) is 3.59. The molecule has 8 nitrogen and oxygen atoms in total. The van der Waals surface area contributed by atoms with E-state index in [1.165, 1.54) is 11.8 Å². The van der Waals surface area contributed by atoms with Gasteiger partial charge in [-0.15, -0.1) is 10.2 Å². The van der Waals surface area contributed by atoms with Gasteiger partial charge in [0, 0.05) is 20.5 Å². The second-order valence-electron chi connectivity index (χ2n) is 3.62. The second-order valence-corrected chi connectivity index (χ2v) is 4.57. The highest BCUT2D eigenvalue weighted by Crippen LogP contribution is 2.33. The fourth-order valence-corrected chi connectivity index (χ4v) is 2.61. The van der Waals surface area contributed by atoms with Gasteiger partial charge in [0.2, 0.25) is 5.82 Å². The number of nitrogens with zero attached hydrogens (tertiary/aromatic N) is 6. The first kappa shape index (κ1) is 12.6. The molecule has 0 aliphatic carbocycles. The molecule has 0 saturated heterocycles. The molecule has 2 heterocycles. The van der Waals surface area contributed by atoms with Crippen molar-refractivity contribution in [3.8, 4) is 0 Å². The zero-order valence-corrected chi connectivity index (χ0v) is 11.0. The molecule has 0 bridgehead atoms. The minimum absolute atomic E-state index is 0.137. The number of hydrogen-bond donors (Lipinski definition) is 0. The molecule has 0 unspecified atom stereocenters.